The molecule has 2 saturated heterocycles. The Kier molecular flexibility index (Phi) is 7.33. The number of ether oxygens (including phenoxy) is 2. The van der Waals surface area contributed by atoms with Crippen LogP contribution in [0, 0.1) is 0 Å². The molecular formula is C18H30N2O2. The molecule has 2 aliphatic heterocycles. The number of morpholine rings is 2. The van der Waals surface area contributed by atoms with E-state index in [2.05, 4.69) is 29.5 Å². The summed E-state index contributed by atoms with van der Waals surface area (Å²) in [4.78, 5) is 4.86. The minimum atomic E-state index is 0.847. The molecule has 0 aromatic heterocycles. The predicted octanol–water partition coefficient (Wildman–Crippen LogP) is 2.10. The first-order chi connectivity index (χ1) is 10.7. The number of rotatable bonds is 8. The number of nitrogens with zero attached hydrogens (tertiary/aromatic N) is 2. The van der Waals surface area contributed by atoms with Crippen molar-refractivity contribution < 1.29 is 9.47 Å². The van der Waals surface area contributed by atoms with Gasteiger partial charge in [-0.15, -0.1) is 0 Å². The van der Waals surface area contributed by atoms with E-state index in [4.69, 9.17) is 9.47 Å². The first kappa shape index (κ1) is 17.4. The summed E-state index contributed by atoms with van der Waals surface area (Å²) in [5.41, 5.74) is 3.29. The Bertz CT molecular complexity index is 358. The van der Waals surface area contributed by atoms with Crippen LogP contribution in [-0.2, 0) is 9.47 Å². The lowest BCUT2D eigenvalue weighted by atomic mass is 9.97. The zero-order chi connectivity index (χ0) is 15.8. The smallest absolute Gasteiger partial charge is 0.0594 e. The maximum atomic E-state index is 5.37. The van der Waals surface area contributed by atoms with E-state index in [0.717, 1.165) is 95.3 Å². The van der Waals surface area contributed by atoms with Crippen molar-refractivity contribution in [1.29, 1.82) is 0 Å². The first-order valence-corrected chi connectivity index (χ1v) is 8.32. The second kappa shape index (κ2) is 9.26. The van der Waals surface area contributed by atoms with Gasteiger partial charge in [0.25, 0.3) is 0 Å². The quantitative estimate of drug-likeness (QED) is 0.641. The molecule has 2 rings (SSSR count). The molecule has 0 amide bonds. The lowest BCUT2D eigenvalue weighted by Gasteiger charge is -2.28. The maximum Gasteiger partial charge on any atom is 0.0594 e. The Labute approximate surface area is 135 Å². The molecule has 0 saturated carbocycles. The zero-order valence-corrected chi connectivity index (χ0v) is 13.8. The summed E-state index contributed by atoms with van der Waals surface area (Å²) in [6.45, 7) is 22.2. The molecule has 0 aromatic carbocycles. The summed E-state index contributed by atoms with van der Waals surface area (Å²) in [6, 6.07) is 0. The van der Waals surface area contributed by atoms with Gasteiger partial charge >= 0.3 is 0 Å². The van der Waals surface area contributed by atoms with Crippen LogP contribution in [0.1, 0.15) is 12.8 Å². The van der Waals surface area contributed by atoms with Gasteiger partial charge in [-0.3, -0.25) is 9.80 Å². The van der Waals surface area contributed by atoms with Gasteiger partial charge in [0.15, 0.2) is 0 Å². The van der Waals surface area contributed by atoms with E-state index < -0.39 is 0 Å². The van der Waals surface area contributed by atoms with Crippen molar-refractivity contribution in [2.24, 2.45) is 0 Å². The van der Waals surface area contributed by atoms with E-state index in [1.54, 1.807) is 0 Å². The van der Waals surface area contributed by atoms with Crippen LogP contribution in [0.15, 0.2) is 36.5 Å². The molecule has 0 aliphatic carbocycles. The number of hydrogen-bond donors (Lipinski definition) is 0. The van der Waals surface area contributed by atoms with Crippen LogP contribution in [0.4, 0.5) is 0 Å². The minimum Gasteiger partial charge on any atom is -0.379 e. The minimum absolute atomic E-state index is 0.847. The van der Waals surface area contributed by atoms with Crippen molar-refractivity contribution in [1.82, 2.24) is 9.80 Å². The van der Waals surface area contributed by atoms with Crippen LogP contribution in [0.5, 0.6) is 0 Å². The zero-order valence-electron chi connectivity index (χ0n) is 13.8. The lowest BCUT2D eigenvalue weighted by Crippen LogP contribution is -2.37. The molecule has 0 spiro atoms. The third-order valence-corrected chi connectivity index (χ3v) is 4.52. The Morgan fingerprint density at radius 1 is 0.682 bits per heavy atom. The molecule has 2 aliphatic rings. The standard InChI is InChI=1S/C18H30N2O2/c1-16(4-6-19-8-12-21-13-9-19)18(3)17(2)5-7-20-10-14-22-15-11-20/h1-15H2. The second-order valence-electron chi connectivity index (χ2n) is 6.09. The molecule has 0 aromatic rings. The normalized spacial score (nSPS) is 20.7. The van der Waals surface area contributed by atoms with Gasteiger partial charge in [0, 0.05) is 39.3 Å². The molecule has 2 fully saturated rings. The highest BCUT2D eigenvalue weighted by Crippen LogP contribution is 2.21. The van der Waals surface area contributed by atoms with Crippen molar-refractivity contribution in [3.05, 3.63) is 36.5 Å². The van der Waals surface area contributed by atoms with Crippen molar-refractivity contribution >= 4 is 0 Å². The summed E-state index contributed by atoms with van der Waals surface area (Å²) < 4.78 is 10.7. The Balaban J connectivity index is 1.65. The van der Waals surface area contributed by atoms with Gasteiger partial charge in [0.05, 0.1) is 26.4 Å². The van der Waals surface area contributed by atoms with Gasteiger partial charge in [-0.1, -0.05) is 19.7 Å². The van der Waals surface area contributed by atoms with Crippen molar-refractivity contribution in [2.75, 3.05) is 65.7 Å². The fraction of sp³-hybridized carbons (Fsp3) is 0.667. The average molecular weight is 306 g/mol. The molecule has 0 atom stereocenters. The van der Waals surface area contributed by atoms with E-state index in [9.17, 15) is 0 Å². The summed E-state index contributed by atoms with van der Waals surface area (Å²) in [7, 11) is 0. The SMILES string of the molecule is C=C(CCN1CCOCC1)C(=C)C(=C)CCN1CCOCC1. The van der Waals surface area contributed by atoms with Gasteiger partial charge in [-0.25, -0.2) is 0 Å². The summed E-state index contributed by atoms with van der Waals surface area (Å²) in [5, 5.41) is 0. The van der Waals surface area contributed by atoms with Gasteiger partial charge in [-0.2, -0.15) is 0 Å². The van der Waals surface area contributed by atoms with Gasteiger partial charge < -0.3 is 9.47 Å². The van der Waals surface area contributed by atoms with Gasteiger partial charge in [-0.05, 0) is 29.6 Å². The van der Waals surface area contributed by atoms with Crippen LogP contribution in [0.3, 0.4) is 0 Å². The van der Waals surface area contributed by atoms with E-state index >= 15 is 0 Å². The number of allylic oxidation sites excluding steroid dienone is 1. The molecule has 0 radical (unpaired) electrons. The van der Waals surface area contributed by atoms with Crippen LogP contribution in [-0.4, -0.2) is 75.5 Å². The fourth-order valence-electron chi connectivity index (χ4n) is 2.79. The molecule has 22 heavy (non-hydrogen) atoms. The van der Waals surface area contributed by atoms with E-state index in [-0.39, 0.29) is 0 Å². The number of hydrogen-bond acceptors (Lipinski definition) is 4. The fourth-order valence-corrected chi connectivity index (χ4v) is 2.79. The monoisotopic (exact) mass is 306 g/mol. The predicted molar refractivity (Wildman–Crippen MR) is 91.2 cm³/mol. The van der Waals surface area contributed by atoms with E-state index in [0.29, 0.717) is 0 Å². The Hall–Kier alpha value is -0.940. The Morgan fingerprint density at radius 3 is 1.41 bits per heavy atom. The largest absolute Gasteiger partial charge is 0.379 e. The third-order valence-electron chi connectivity index (χ3n) is 4.52. The van der Waals surface area contributed by atoms with Crippen LogP contribution >= 0.6 is 0 Å². The van der Waals surface area contributed by atoms with E-state index in [1.165, 1.54) is 0 Å². The van der Waals surface area contributed by atoms with E-state index in [1.807, 2.05) is 0 Å². The highest BCUT2D eigenvalue weighted by atomic mass is 16.5. The molecule has 4 heteroatoms. The molecule has 2 heterocycles. The van der Waals surface area contributed by atoms with Crippen LogP contribution < -0.4 is 0 Å². The van der Waals surface area contributed by atoms with Gasteiger partial charge in [0.1, 0.15) is 0 Å². The topological polar surface area (TPSA) is 24.9 Å². The van der Waals surface area contributed by atoms with Crippen LogP contribution in [0.2, 0.25) is 0 Å². The highest BCUT2D eigenvalue weighted by Gasteiger charge is 2.14. The van der Waals surface area contributed by atoms with Gasteiger partial charge in [0.2, 0.25) is 0 Å². The molecule has 124 valence electrons. The van der Waals surface area contributed by atoms with Crippen molar-refractivity contribution in [3.63, 3.8) is 0 Å². The Morgan fingerprint density at radius 2 is 1.05 bits per heavy atom. The molecule has 0 N–H and O–H groups in total. The van der Waals surface area contributed by atoms with Crippen molar-refractivity contribution in [3.8, 4) is 0 Å². The van der Waals surface area contributed by atoms with Crippen molar-refractivity contribution in [2.45, 2.75) is 12.8 Å². The molecule has 0 bridgehead atoms. The molecule has 0 unspecified atom stereocenters. The summed E-state index contributed by atoms with van der Waals surface area (Å²) in [5.74, 6) is 0. The summed E-state index contributed by atoms with van der Waals surface area (Å²) >= 11 is 0. The average Bonchev–Trinajstić information content (AvgIpc) is 2.58. The summed E-state index contributed by atoms with van der Waals surface area (Å²) in [6.07, 6.45) is 1.94. The maximum absolute atomic E-state index is 5.37. The van der Waals surface area contributed by atoms with Crippen LogP contribution in [0.25, 0.3) is 0 Å². The third kappa shape index (κ3) is 5.69. The first-order valence-electron chi connectivity index (χ1n) is 8.32. The molecule has 4 nitrogen and oxygen atoms in total. The second-order valence-corrected chi connectivity index (χ2v) is 6.09. The lowest BCUT2D eigenvalue weighted by molar-refractivity contribution is 0.0383. The molecular weight excluding hydrogens is 276 g/mol. The highest BCUT2D eigenvalue weighted by molar-refractivity contribution is 5.41.